The van der Waals surface area contributed by atoms with Crippen LogP contribution in [0.3, 0.4) is 0 Å². The fraction of sp³-hybridized carbons (Fsp3) is 0.450. The largest absolute Gasteiger partial charge is 0.480 e. The van der Waals surface area contributed by atoms with Crippen LogP contribution in [-0.4, -0.2) is 50.4 Å². The van der Waals surface area contributed by atoms with Crippen LogP contribution in [0.1, 0.15) is 36.5 Å². The molecule has 0 saturated carbocycles. The molecule has 158 valence electrons. The molecule has 0 aromatic carbocycles. The number of anilines is 1. The Morgan fingerprint density at radius 2 is 2.13 bits per heavy atom. The van der Waals surface area contributed by atoms with Crippen molar-refractivity contribution in [2.45, 2.75) is 26.7 Å². The maximum absolute atomic E-state index is 12.8. The van der Waals surface area contributed by atoms with Crippen molar-refractivity contribution in [2.24, 2.45) is 13.0 Å². The Kier molecular flexibility index (Phi) is 6.33. The summed E-state index contributed by atoms with van der Waals surface area (Å²) in [5.41, 5.74) is 0.758. The number of carboxylic acids is 1. The van der Waals surface area contributed by atoms with Gasteiger partial charge in [-0.2, -0.15) is 5.26 Å². The molecule has 3 rings (SSSR count). The Hall–Kier alpha value is -2.64. The van der Waals surface area contributed by atoms with Gasteiger partial charge < -0.3 is 10.0 Å². The number of thiocarbonyl (C=S) groups is 1. The van der Waals surface area contributed by atoms with Crippen molar-refractivity contribution in [3.63, 3.8) is 0 Å². The van der Waals surface area contributed by atoms with E-state index in [1.54, 1.807) is 20.0 Å². The molecule has 10 heteroatoms. The average molecular weight is 447 g/mol. The van der Waals surface area contributed by atoms with Gasteiger partial charge in [-0.1, -0.05) is 30.9 Å². The molecule has 2 aliphatic rings. The van der Waals surface area contributed by atoms with Crippen molar-refractivity contribution < 1.29 is 14.7 Å². The lowest BCUT2D eigenvalue weighted by Gasteiger charge is -2.35. The molecule has 0 spiro atoms. The van der Waals surface area contributed by atoms with Crippen molar-refractivity contribution in [2.75, 3.05) is 24.5 Å². The molecule has 2 fully saturated rings. The van der Waals surface area contributed by atoms with E-state index in [4.69, 9.17) is 17.3 Å². The number of piperidine rings is 1. The number of hydrogen-bond donors (Lipinski definition) is 1. The van der Waals surface area contributed by atoms with Gasteiger partial charge in [0.05, 0.1) is 4.91 Å². The molecule has 1 amide bonds. The minimum absolute atomic E-state index is 0.0265. The van der Waals surface area contributed by atoms with Crippen LogP contribution in [0.25, 0.3) is 6.08 Å². The fourth-order valence-corrected chi connectivity index (χ4v) is 5.12. The van der Waals surface area contributed by atoms with Crippen LogP contribution in [0.4, 0.5) is 5.82 Å². The molecule has 1 aromatic heterocycles. The number of rotatable bonds is 4. The molecule has 1 atom stereocenters. The normalized spacial score (nSPS) is 20.7. The Morgan fingerprint density at radius 1 is 1.43 bits per heavy atom. The van der Waals surface area contributed by atoms with Crippen molar-refractivity contribution >= 4 is 52.1 Å². The summed E-state index contributed by atoms with van der Waals surface area (Å²) in [4.78, 5) is 40.0. The number of aliphatic carboxylic acids is 1. The van der Waals surface area contributed by atoms with Gasteiger partial charge in [-0.3, -0.25) is 23.9 Å². The van der Waals surface area contributed by atoms with Crippen molar-refractivity contribution in [3.8, 4) is 6.07 Å². The zero-order valence-electron chi connectivity index (χ0n) is 17.0. The summed E-state index contributed by atoms with van der Waals surface area (Å²) in [6.45, 7) is 4.87. The van der Waals surface area contributed by atoms with Crippen LogP contribution in [0.5, 0.6) is 0 Å². The maximum atomic E-state index is 12.8. The summed E-state index contributed by atoms with van der Waals surface area (Å²) >= 11 is 6.20. The number of aromatic nitrogens is 1. The zero-order chi connectivity index (χ0) is 22.2. The quantitative estimate of drug-likeness (QED) is 0.554. The van der Waals surface area contributed by atoms with E-state index in [2.05, 4.69) is 11.8 Å². The highest BCUT2D eigenvalue weighted by Gasteiger charge is 2.34. The Balaban J connectivity index is 2.17. The molecule has 0 bridgehead atoms. The first-order valence-corrected chi connectivity index (χ1v) is 10.7. The number of nitriles is 1. The lowest BCUT2D eigenvalue weighted by molar-refractivity contribution is -0.140. The number of thioether (sulfide) groups is 1. The first-order chi connectivity index (χ1) is 14.1. The third kappa shape index (κ3) is 4.00. The third-order valence-electron chi connectivity index (χ3n) is 5.37. The minimum atomic E-state index is -1.15. The Labute approximate surface area is 183 Å². The topological polar surface area (TPSA) is 107 Å². The predicted molar refractivity (Wildman–Crippen MR) is 119 cm³/mol. The number of carbonyl (C=O) groups excluding carboxylic acids is 1. The van der Waals surface area contributed by atoms with Crippen LogP contribution < -0.4 is 10.5 Å². The van der Waals surface area contributed by atoms with E-state index in [1.807, 2.05) is 6.07 Å². The second kappa shape index (κ2) is 8.62. The summed E-state index contributed by atoms with van der Waals surface area (Å²) < 4.78 is 1.64. The number of nitrogens with zero attached hydrogens (tertiary/aromatic N) is 4. The molecule has 3 heterocycles. The number of carbonyl (C=O) groups is 2. The summed E-state index contributed by atoms with van der Waals surface area (Å²) in [7, 11) is 1.63. The summed E-state index contributed by atoms with van der Waals surface area (Å²) in [5.74, 6) is -0.532. The van der Waals surface area contributed by atoms with Crippen molar-refractivity contribution in [1.29, 1.82) is 5.26 Å². The number of hydrogen-bond acceptors (Lipinski definition) is 7. The van der Waals surface area contributed by atoms with Crippen LogP contribution in [0, 0.1) is 24.2 Å². The second-order valence-electron chi connectivity index (χ2n) is 7.57. The van der Waals surface area contributed by atoms with E-state index in [0.717, 1.165) is 42.6 Å². The summed E-state index contributed by atoms with van der Waals surface area (Å²) in [5, 5.41) is 18.6. The lowest BCUT2D eigenvalue weighted by atomic mass is 9.98. The number of pyridine rings is 1. The maximum Gasteiger partial charge on any atom is 0.323 e. The lowest BCUT2D eigenvalue weighted by Crippen LogP contribution is -2.39. The van der Waals surface area contributed by atoms with Gasteiger partial charge >= 0.3 is 5.97 Å². The number of carboxylic acid groups (broad SMARTS) is 1. The van der Waals surface area contributed by atoms with Gasteiger partial charge in [-0.15, -0.1) is 0 Å². The molecular weight excluding hydrogens is 424 g/mol. The van der Waals surface area contributed by atoms with Gasteiger partial charge in [0, 0.05) is 25.7 Å². The molecule has 1 aromatic rings. The van der Waals surface area contributed by atoms with E-state index in [9.17, 15) is 19.6 Å². The molecule has 0 aliphatic carbocycles. The smallest absolute Gasteiger partial charge is 0.323 e. The predicted octanol–water partition coefficient (Wildman–Crippen LogP) is 2.09. The van der Waals surface area contributed by atoms with Gasteiger partial charge in [-0.25, -0.2) is 0 Å². The van der Waals surface area contributed by atoms with Crippen LogP contribution in [0.2, 0.25) is 0 Å². The molecule has 0 radical (unpaired) electrons. The van der Waals surface area contributed by atoms with Gasteiger partial charge in [0.25, 0.3) is 11.5 Å². The van der Waals surface area contributed by atoms with Crippen LogP contribution in [-0.2, 0) is 16.6 Å². The molecule has 2 saturated heterocycles. The molecule has 2 aliphatic heterocycles. The van der Waals surface area contributed by atoms with Gasteiger partial charge in [0.2, 0.25) is 0 Å². The first kappa shape index (κ1) is 22.1. The highest BCUT2D eigenvalue weighted by molar-refractivity contribution is 8.26. The highest BCUT2D eigenvalue weighted by atomic mass is 32.2. The Bertz CT molecular complexity index is 1070. The average Bonchev–Trinajstić information content (AvgIpc) is 2.94. The van der Waals surface area contributed by atoms with Crippen molar-refractivity contribution in [3.05, 3.63) is 31.9 Å². The fourth-order valence-electron chi connectivity index (χ4n) is 3.88. The molecular formula is C20H22N4O4S2. The number of amides is 1. The van der Waals surface area contributed by atoms with Crippen LogP contribution >= 0.6 is 24.0 Å². The Morgan fingerprint density at radius 3 is 2.73 bits per heavy atom. The van der Waals surface area contributed by atoms with Crippen molar-refractivity contribution in [1.82, 2.24) is 9.47 Å². The zero-order valence-corrected chi connectivity index (χ0v) is 18.6. The monoisotopic (exact) mass is 446 g/mol. The molecule has 1 N–H and O–H groups in total. The molecule has 8 nitrogen and oxygen atoms in total. The second-order valence-corrected chi connectivity index (χ2v) is 9.24. The molecule has 1 unspecified atom stereocenters. The van der Waals surface area contributed by atoms with E-state index < -0.39 is 18.4 Å². The summed E-state index contributed by atoms with van der Waals surface area (Å²) in [6, 6.07) is 1.98. The van der Waals surface area contributed by atoms with E-state index in [-0.39, 0.29) is 20.3 Å². The van der Waals surface area contributed by atoms with Gasteiger partial charge in [-0.05, 0) is 37.3 Å². The minimum Gasteiger partial charge on any atom is -0.480 e. The van der Waals surface area contributed by atoms with E-state index in [0.29, 0.717) is 22.9 Å². The highest BCUT2D eigenvalue weighted by Crippen LogP contribution is 2.36. The van der Waals surface area contributed by atoms with E-state index in [1.165, 1.54) is 4.57 Å². The molecule has 30 heavy (non-hydrogen) atoms. The summed E-state index contributed by atoms with van der Waals surface area (Å²) in [6.07, 6.45) is 3.71. The standard InChI is InChI=1S/C20H22N4O4S2/c1-11-5-4-6-23(9-11)17-13(12(2)14(8-21)18(27)22(17)3)7-15-19(28)24(10-16(25)26)20(29)30-15/h7,11H,4-6,9-10H2,1-3H3,(H,25,26)/b15-7-. The SMILES string of the molecule is Cc1c(/C=C2\SC(=S)N(CC(=O)O)C2=O)c(N2CCCC(C)C2)n(C)c(=O)c1C#N. The van der Waals surface area contributed by atoms with Gasteiger partial charge in [0.15, 0.2) is 0 Å². The third-order valence-corrected chi connectivity index (χ3v) is 6.74. The van der Waals surface area contributed by atoms with Crippen LogP contribution in [0.15, 0.2) is 9.70 Å². The van der Waals surface area contributed by atoms with E-state index >= 15 is 0 Å². The first-order valence-electron chi connectivity index (χ1n) is 9.51. The van der Waals surface area contributed by atoms with Gasteiger partial charge in [0.1, 0.15) is 28.3 Å².